The molecule has 0 aromatic heterocycles. The van der Waals surface area contributed by atoms with E-state index in [0.29, 0.717) is 0 Å². The van der Waals surface area contributed by atoms with Gasteiger partial charge in [-0.25, -0.2) is 0 Å². The van der Waals surface area contributed by atoms with E-state index < -0.39 is 18.0 Å². The van der Waals surface area contributed by atoms with Gasteiger partial charge in [-0.05, 0) is 25.0 Å². The highest BCUT2D eigenvalue weighted by atomic mass is 19.4. The van der Waals surface area contributed by atoms with Crippen LogP contribution < -0.4 is 0 Å². The van der Waals surface area contributed by atoms with E-state index >= 15 is 0 Å². The summed E-state index contributed by atoms with van der Waals surface area (Å²) in [5.41, 5.74) is -0.0201. The average molecular weight is 289 g/mol. The lowest BCUT2D eigenvalue weighted by atomic mass is 9.96. The Hall–Kier alpha value is -1.92. The number of likely N-dealkylation sites (tertiary alicyclic amines) is 1. The van der Waals surface area contributed by atoms with Gasteiger partial charge in [0.05, 0.1) is 11.5 Å². The van der Waals surface area contributed by atoms with E-state index in [1.807, 2.05) is 0 Å². The minimum Gasteiger partial charge on any atom is -0.508 e. The number of amides is 1. The van der Waals surface area contributed by atoms with Gasteiger partial charge in [0, 0.05) is 19.2 Å². The molecule has 1 aromatic rings. The molecule has 4 nitrogen and oxygen atoms in total. The summed E-state index contributed by atoms with van der Waals surface area (Å²) in [5, 5.41) is 18.7. The van der Waals surface area contributed by atoms with Crippen molar-refractivity contribution in [3.63, 3.8) is 0 Å². The van der Waals surface area contributed by atoms with Crippen LogP contribution in [0, 0.1) is 5.92 Å². The molecule has 0 bridgehead atoms. The molecule has 1 amide bonds. The zero-order chi connectivity index (χ0) is 14.9. The molecular weight excluding hydrogens is 275 g/mol. The quantitative estimate of drug-likeness (QED) is 0.835. The van der Waals surface area contributed by atoms with Crippen LogP contribution in [0.2, 0.25) is 0 Å². The maximum absolute atomic E-state index is 12.5. The minimum absolute atomic E-state index is 0.00330. The summed E-state index contributed by atoms with van der Waals surface area (Å²) in [6.07, 6.45) is -4.49. The Kier molecular flexibility index (Phi) is 3.78. The first-order chi connectivity index (χ1) is 9.29. The number of phenolic OH excluding ortho intramolecular Hbond substituents is 2. The number of halogens is 3. The molecule has 2 rings (SSSR count). The van der Waals surface area contributed by atoms with Gasteiger partial charge in [0.25, 0.3) is 5.91 Å². The second kappa shape index (κ2) is 5.22. The third-order valence-corrected chi connectivity index (χ3v) is 3.46. The highest BCUT2D eigenvalue weighted by Crippen LogP contribution is 2.35. The molecule has 0 aliphatic carbocycles. The van der Waals surface area contributed by atoms with E-state index in [-0.39, 0.29) is 43.0 Å². The Morgan fingerprint density at radius 3 is 2.30 bits per heavy atom. The number of carbonyl (C=O) groups is 1. The summed E-state index contributed by atoms with van der Waals surface area (Å²) in [5.74, 6) is -2.47. The predicted octanol–water partition coefficient (Wildman–Crippen LogP) is 2.51. The topological polar surface area (TPSA) is 60.8 Å². The smallest absolute Gasteiger partial charge is 0.391 e. The molecule has 110 valence electrons. The Labute approximate surface area is 113 Å². The second-order valence-electron chi connectivity index (χ2n) is 4.81. The zero-order valence-electron chi connectivity index (χ0n) is 10.5. The van der Waals surface area contributed by atoms with Crippen LogP contribution in [0.15, 0.2) is 18.2 Å². The minimum atomic E-state index is -4.23. The summed E-state index contributed by atoms with van der Waals surface area (Å²) in [7, 11) is 0. The third kappa shape index (κ3) is 2.97. The summed E-state index contributed by atoms with van der Waals surface area (Å²) >= 11 is 0. The lowest BCUT2D eigenvalue weighted by molar-refractivity contribution is -0.183. The van der Waals surface area contributed by atoms with Gasteiger partial charge in [-0.1, -0.05) is 0 Å². The molecule has 1 heterocycles. The van der Waals surface area contributed by atoms with Crippen LogP contribution in [0.5, 0.6) is 11.5 Å². The average Bonchev–Trinajstić information content (AvgIpc) is 2.37. The lowest BCUT2D eigenvalue weighted by Crippen LogP contribution is -2.42. The van der Waals surface area contributed by atoms with Gasteiger partial charge in [-0.15, -0.1) is 0 Å². The highest BCUT2D eigenvalue weighted by molar-refractivity contribution is 5.97. The normalized spacial score (nSPS) is 17.2. The number of aromatic hydroxyl groups is 2. The zero-order valence-corrected chi connectivity index (χ0v) is 10.5. The molecule has 7 heteroatoms. The second-order valence-corrected chi connectivity index (χ2v) is 4.81. The molecule has 1 aliphatic heterocycles. The van der Waals surface area contributed by atoms with Crippen LogP contribution in [-0.2, 0) is 0 Å². The fourth-order valence-corrected chi connectivity index (χ4v) is 2.28. The van der Waals surface area contributed by atoms with E-state index in [2.05, 4.69) is 0 Å². The summed E-state index contributed by atoms with van der Waals surface area (Å²) < 4.78 is 37.6. The third-order valence-electron chi connectivity index (χ3n) is 3.46. The predicted molar refractivity (Wildman–Crippen MR) is 64.5 cm³/mol. The largest absolute Gasteiger partial charge is 0.508 e. The van der Waals surface area contributed by atoms with E-state index in [9.17, 15) is 23.1 Å². The van der Waals surface area contributed by atoms with E-state index in [4.69, 9.17) is 5.11 Å². The van der Waals surface area contributed by atoms with Crippen molar-refractivity contribution in [2.24, 2.45) is 5.92 Å². The number of hydrogen-bond donors (Lipinski definition) is 2. The molecule has 20 heavy (non-hydrogen) atoms. The Bertz CT molecular complexity index is 508. The molecule has 0 spiro atoms. The molecule has 2 N–H and O–H groups in total. The Balaban J connectivity index is 2.05. The van der Waals surface area contributed by atoms with Crippen LogP contribution in [-0.4, -0.2) is 40.3 Å². The van der Waals surface area contributed by atoms with Gasteiger partial charge in [0.1, 0.15) is 11.5 Å². The number of benzene rings is 1. The van der Waals surface area contributed by atoms with E-state index in [1.54, 1.807) is 0 Å². The molecule has 1 saturated heterocycles. The number of nitrogens with zero attached hydrogens (tertiary/aromatic N) is 1. The fourth-order valence-electron chi connectivity index (χ4n) is 2.28. The first-order valence-electron chi connectivity index (χ1n) is 6.17. The van der Waals surface area contributed by atoms with E-state index in [0.717, 1.165) is 6.07 Å². The van der Waals surface area contributed by atoms with Gasteiger partial charge in [-0.2, -0.15) is 13.2 Å². The molecule has 0 atom stereocenters. The van der Waals surface area contributed by atoms with Gasteiger partial charge in [0.2, 0.25) is 0 Å². The number of rotatable bonds is 1. The SMILES string of the molecule is O=C(c1ccc(O)cc1O)N1CCC(C(F)(F)F)CC1. The first kappa shape index (κ1) is 14.5. The monoisotopic (exact) mass is 289 g/mol. The van der Waals surface area contributed by atoms with Gasteiger partial charge >= 0.3 is 6.18 Å². The van der Waals surface area contributed by atoms with Crippen molar-refractivity contribution in [3.8, 4) is 11.5 Å². The van der Waals surface area contributed by atoms with Crippen molar-refractivity contribution in [2.75, 3.05) is 13.1 Å². The van der Waals surface area contributed by atoms with Crippen molar-refractivity contribution in [3.05, 3.63) is 23.8 Å². The molecule has 0 unspecified atom stereocenters. The maximum atomic E-state index is 12.5. The van der Waals surface area contributed by atoms with Gasteiger partial charge in [-0.3, -0.25) is 4.79 Å². The molecular formula is C13H14F3NO3. The molecule has 0 saturated carbocycles. The van der Waals surface area contributed by atoms with Gasteiger partial charge < -0.3 is 15.1 Å². The molecule has 1 aromatic carbocycles. The van der Waals surface area contributed by atoms with Crippen molar-refractivity contribution in [1.82, 2.24) is 4.90 Å². The van der Waals surface area contributed by atoms with Crippen molar-refractivity contribution < 1.29 is 28.2 Å². The Morgan fingerprint density at radius 2 is 1.80 bits per heavy atom. The summed E-state index contributed by atoms with van der Waals surface area (Å²) in [4.78, 5) is 13.4. The van der Waals surface area contributed by atoms with Crippen LogP contribution in [0.3, 0.4) is 0 Å². The highest BCUT2D eigenvalue weighted by Gasteiger charge is 2.41. The number of phenols is 2. The number of alkyl halides is 3. The van der Waals surface area contributed by atoms with Crippen molar-refractivity contribution in [1.29, 1.82) is 0 Å². The maximum Gasteiger partial charge on any atom is 0.391 e. The van der Waals surface area contributed by atoms with Crippen molar-refractivity contribution in [2.45, 2.75) is 19.0 Å². The lowest BCUT2D eigenvalue weighted by Gasteiger charge is -2.33. The van der Waals surface area contributed by atoms with Crippen LogP contribution in [0.4, 0.5) is 13.2 Å². The first-order valence-corrected chi connectivity index (χ1v) is 6.17. The van der Waals surface area contributed by atoms with E-state index in [1.165, 1.54) is 17.0 Å². The summed E-state index contributed by atoms with van der Waals surface area (Å²) in [6, 6.07) is 3.52. The molecule has 1 fully saturated rings. The fraction of sp³-hybridized carbons (Fsp3) is 0.462. The molecule has 1 aliphatic rings. The Morgan fingerprint density at radius 1 is 1.20 bits per heavy atom. The van der Waals surface area contributed by atoms with Crippen molar-refractivity contribution >= 4 is 5.91 Å². The summed E-state index contributed by atoms with van der Waals surface area (Å²) in [6.45, 7) is 0.00660. The van der Waals surface area contributed by atoms with Crippen LogP contribution in [0.1, 0.15) is 23.2 Å². The number of piperidine rings is 1. The van der Waals surface area contributed by atoms with Gasteiger partial charge in [0.15, 0.2) is 0 Å². The standard InChI is InChI=1S/C13H14F3NO3/c14-13(15,16)8-3-5-17(6-4-8)12(20)10-2-1-9(18)7-11(10)19/h1-2,7-8,18-19H,3-6H2. The number of hydrogen-bond acceptors (Lipinski definition) is 3. The van der Waals surface area contributed by atoms with Crippen LogP contribution >= 0.6 is 0 Å². The van der Waals surface area contributed by atoms with Crippen LogP contribution in [0.25, 0.3) is 0 Å². The molecule has 0 radical (unpaired) electrons. The number of carbonyl (C=O) groups excluding carboxylic acids is 1.